The molecule has 2 fully saturated rings. The second kappa shape index (κ2) is 5.70. The highest BCUT2D eigenvalue weighted by Gasteiger charge is 2.38. The molecule has 1 aliphatic heterocycles. The minimum atomic E-state index is 0.211. The molecule has 0 radical (unpaired) electrons. The lowest BCUT2D eigenvalue weighted by molar-refractivity contribution is 0.0587. The van der Waals surface area contributed by atoms with Crippen LogP contribution >= 0.6 is 0 Å². The van der Waals surface area contributed by atoms with E-state index in [2.05, 4.69) is 16.3 Å². The summed E-state index contributed by atoms with van der Waals surface area (Å²) in [7, 11) is 1.90. The van der Waals surface area contributed by atoms with Gasteiger partial charge in [-0.2, -0.15) is 0 Å². The van der Waals surface area contributed by atoms with Crippen LogP contribution in [0.5, 0.6) is 0 Å². The van der Waals surface area contributed by atoms with Crippen LogP contribution < -0.4 is 5.32 Å². The number of carbonyl (C=O) groups is 1. The predicted octanol–water partition coefficient (Wildman–Crippen LogP) is 3.83. The first-order valence-electron chi connectivity index (χ1n) is 8.21. The summed E-state index contributed by atoms with van der Waals surface area (Å²) in [6.45, 7) is 3.90. The second-order valence-electron chi connectivity index (χ2n) is 6.78. The van der Waals surface area contributed by atoms with Crippen molar-refractivity contribution in [3.8, 4) is 0 Å². The van der Waals surface area contributed by atoms with Crippen LogP contribution in [0.15, 0.2) is 18.2 Å². The number of amides is 1. The minimum absolute atomic E-state index is 0.211. The van der Waals surface area contributed by atoms with Crippen molar-refractivity contribution in [2.24, 2.45) is 5.41 Å². The second-order valence-corrected chi connectivity index (χ2v) is 6.78. The zero-order chi connectivity index (χ0) is 14.9. The lowest BCUT2D eigenvalue weighted by Crippen LogP contribution is -2.42. The fraction of sp³-hybridized carbons (Fsp3) is 0.611. The highest BCUT2D eigenvalue weighted by molar-refractivity contribution is 5.96. The third kappa shape index (κ3) is 2.78. The number of anilines is 1. The molecule has 0 bridgehead atoms. The summed E-state index contributed by atoms with van der Waals surface area (Å²) in [5.74, 6) is 0.211. The summed E-state index contributed by atoms with van der Waals surface area (Å²) >= 11 is 0. The highest BCUT2D eigenvalue weighted by Crippen LogP contribution is 2.46. The quantitative estimate of drug-likeness (QED) is 0.896. The van der Waals surface area contributed by atoms with Gasteiger partial charge in [0.05, 0.1) is 0 Å². The van der Waals surface area contributed by atoms with E-state index in [-0.39, 0.29) is 5.91 Å². The molecule has 1 saturated carbocycles. The van der Waals surface area contributed by atoms with Gasteiger partial charge in [0.2, 0.25) is 0 Å². The Kier molecular flexibility index (Phi) is 3.92. The summed E-state index contributed by atoms with van der Waals surface area (Å²) in [6, 6.07) is 6.00. The first kappa shape index (κ1) is 14.4. The van der Waals surface area contributed by atoms with Crippen molar-refractivity contribution in [1.82, 2.24) is 4.90 Å². The van der Waals surface area contributed by atoms with E-state index < -0.39 is 0 Å². The fourth-order valence-electron chi connectivity index (χ4n) is 4.04. The molecular formula is C18H26N2O. The van der Waals surface area contributed by atoms with Crippen molar-refractivity contribution in [2.75, 3.05) is 25.5 Å². The molecule has 1 aromatic rings. The topological polar surface area (TPSA) is 32.3 Å². The Labute approximate surface area is 127 Å². The third-order valence-corrected chi connectivity index (χ3v) is 5.52. The van der Waals surface area contributed by atoms with E-state index >= 15 is 0 Å². The Morgan fingerprint density at radius 1 is 1.14 bits per heavy atom. The summed E-state index contributed by atoms with van der Waals surface area (Å²) < 4.78 is 0. The number of likely N-dealkylation sites (tertiary alicyclic amines) is 1. The average molecular weight is 286 g/mol. The van der Waals surface area contributed by atoms with Crippen LogP contribution in [0.3, 0.4) is 0 Å². The predicted molar refractivity (Wildman–Crippen MR) is 86.8 cm³/mol. The highest BCUT2D eigenvalue weighted by atomic mass is 16.2. The smallest absolute Gasteiger partial charge is 0.254 e. The van der Waals surface area contributed by atoms with E-state index in [1.165, 1.54) is 38.5 Å². The van der Waals surface area contributed by atoms with Crippen molar-refractivity contribution >= 4 is 11.6 Å². The Morgan fingerprint density at radius 2 is 1.81 bits per heavy atom. The summed E-state index contributed by atoms with van der Waals surface area (Å²) in [4.78, 5) is 14.8. The first-order valence-corrected chi connectivity index (χ1v) is 8.21. The van der Waals surface area contributed by atoms with Crippen molar-refractivity contribution < 1.29 is 4.79 Å². The van der Waals surface area contributed by atoms with E-state index in [9.17, 15) is 4.79 Å². The lowest BCUT2D eigenvalue weighted by Gasteiger charge is -2.39. The lowest BCUT2D eigenvalue weighted by atomic mass is 9.77. The number of hydrogen-bond donors (Lipinski definition) is 1. The van der Waals surface area contributed by atoms with E-state index in [1.807, 2.05) is 26.1 Å². The van der Waals surface area contributed by atoms with E-state index in [0.717, 1.165) is 29.9 Å². The summed E-state index contributed by atoms with van der Waals surface area (Å²) in [5.41, 5.74) is 3.55. The van der Waals surface area contributed by atoms with Gasteiger partial charge in [0.15, 0.2) is 0 Å². The Balaban J connectivity index is 1.69. The fourth-order valence-corrected chi connectivity index (χ4v) is 4.04. The van der Waals surface area contributed by atoms with Gasteiger partial charge in [-0.25, -0.2) is 0 Å². The zero-order valence-electron chi connectivity index (χ0n) is 13.2. The van der Waals surface area contributed by atoms with Gasteiger partial charge in [-0.1, -0.05) is 12.8 Å². The van der Waals surface area contributed by atoms with E-state index in [1.54, 1.807) is 0 Å². The van der Waals surface area contributed by atoms with Crippen LogP contribution in [0.2, 0.25) is 0 Å². The number of nitrogens with zero attached hydrogens (tertiary/aromatic N) is 1. The molecule has 3 rings (SSSR count). The van der Waals surface area contributed by atoms with Crippen molar-refractivity contribution in [3.05, 3.63) is 29.3 Å². The maximum Gasteiger partial charge on any atom is 0.254 e. The molecule has 0 atom stereocenters. The van der Waals surface area contributed by atoms with Crippen LogP contribution in [0.1, 0.15) is 54.4 Å². The van der Waals surface area contributed by atoms with Gasteiger partial charge < -0.3 is 10.2 Å². The molecule has 0 aromatic heterocycles. The number of benzene rings is 1. The molecule has 1 aromatic carbocycles. The van der Waals surface area contributed by atoms with Crippen molar-refractivity contribution in [3.63, 3.8) is 0 Å². The van der Waals surface area contributed by atoms with Crippen LogP contribution in [0, 0.1) is 12.3 Å². The van der Waals surface area contributed by atoms with E-state index in [4.69, 9.17) is 0 Å². The molecule has 114 valence electrons. The molecule has 1 amide bonds. The molecular weight excluding hydrogens is 260 g/mol. The number of hydrogen-bond acceptors (Lipinski definition) is 2. The molecule has 1 N–H and O–H groups in total. The average Bonchev–Trinajstić information content (AvgIpc) is 2.95. The molecule has 1 spiro atoms. The number of piperidine rings is 1. The van der Waals surface area contributed by atoms with Gasteiger partial charge in [0, 0.05) is 31.4 Å². The number of aryl methyl sites for hydroxylation is 1. The molecule has 3 nitrogen and oxygen atoms in total. The van der Waals surface area contributed by atoms with E-state index in [0.29, 0.717) is 5.41 Å². The van der Waals surface area contributed by atoms with Crippen molar-refractivity contribution in [1.29, 1.82) is 0 Å². The van der Waals surface area contributed by atoms with Gasteiger partial charge in [-0.05, 0) is 61.8 Å². The Hall–Kier alpha value is -1.51. The summed E-state index contributed by atoms with van der Waals surface area (Å²) in [5, 5.41) is 3.12. The van der Waals surface area contributed by atoms with Crippen LogP contribution in [-0.2, 0) is 0 Å². The summed E-state index contributed by atoms with van der Waals surface area (Å²) in [6.07, 6.45) is 7.94. The maximum absolute atomic E-state index is 12.7. The standard InChI is InChI=1S/C18H26N2O/c1-14-13-15(19-2)5-6-16(14)17(21)20-11-9-18(10-12-20)7-3-4-8-18/h5-6,13,19H,3-4,7-12H2,1-2H3. The SMILES string of the molecule is CNc1ccc(C(=O)N2CCC3(CCCC3)CC2)c(C)c1. The third-order valence-electron chi connectivity index (χ3n) is 5.52. The minimum Gasteiger partial charge on any atom is -0.388 e. The maximum atomic E-state index is 12.7. The largest absolute Gasteiger partial charge is 0.388 e. The Morgan fingerprint density at radius 3 is 2.38 bits per heavy atom. The van der Waals surface area contributed by atoms with Crippen LogP contribution in [-0.4, -0.2) is 30.9 Å². The Bertz CT molecular complexity index is 522. The van der Waals surface area contributed by atoms with Crippen LogP contribution in [0.25, 0.3) is 0 Å². The normalized spacial score (nSPS) is 20.8. The number of nitrogens with one attached hydrogen (secondary N) is 1. The van der Waals surface area contributed by atoms with Gasteiger partial charge >= 0.3 is 0 Å². The van der Waals surface area contributed by atoms with Crippen molar-refractivity contribution in [2.45, 2.75) is 45.4 Å². The molecule has 1 aliphatic carbocycles. The molecule has 2 aliphatic rings. The molecule has 0 unspecified atom stereocenters. The first-order chi connectivity index (χ1) is 10.1. The number of rotatable bonds is 2. The molecule has 21 heavy (non-hydrogen) atoms. The molecule has 1 saturated heterocycles. The van der Waals surface area contributed by atoms with Gasteiger partial charge in [-0.15, -0.1) is 0 Å². The van der Waals surface area contributed by atoms with Gasteiger partial charge in [0.1, 0.15) is 0 Å². The molecule has 3 heteroatoms. The molecule has 1 heterocycles. The van der Waals surface area contributed by atoms with Crippen LogP contribution in [0.4, 0.5) is 5.69 Å². The zero-order valence-corrected chi connectivity index (χ0v) is 13.2. The number of carbonyl (C=O) groups excluding carboxylic acids is 1. The van der Waals surface area contributed by atoms with Gasteiger partial charge in [0.25, 0.3) is 5.91 Å². The van der Waals surface area contributed by atoms with Gasteiger partial charge in [-0.3, -0.25) is 4.79 Å². The monoisotopic (exact) mass is 286 g/mol.